The van der Waals surface area contributed by atoms with E-state index in [0.717, 1.165) is 36.7 Å². The Kier molecular flexibility index (Phi) is 4.09. The molecule has 0 spiro atoms. The van der Waals surface area contributed by atoms with Crippen molar-refractivity contribution in [3.05, 3.63) is 64.5 Å². The van der Waals surface area contributed by atoms with E-state index in [1.165, 1.54) is 18.4 Å². The van der Waals surface area contributed by atoms with Crippen LogP contribution in [0.4, 0.5) is 0 Å². The van der Waals surface area contributed by atoms with Gasteiger partial charge in [-0.2, -0.15) is 5.10 Å². The van der Waals surface area contributed by atoms with Crippen molar-refractivity contribution in [3.63, 3.8) is 0 Å². The molecule has 2 fully saturated rings. The normalized spacial score (nSPS) is 17.8. The molecule has 2 aliphatic rings. The Morgan fingerprint density at radius 3 is 2.70 bits per heavy atom. The summed E-state index contributed by atoms with van der Waals surface area (Å²) in [6.45, 7) is 3.45. The van der Waals surface area contributed by atoms with Gasteiger partial charge in [0.25, 0.3) is 5.56 Å². The summed E-state index contributed by atoms with van der Waals surface area (Å²) in [5.74, 6) is 2.09. The van der Waals surface area contributed by atoms with Crippen LogP contribution in [-0.4, -0.2) is 37.9 Å². The Labute approximate surface area is 156 Å². The van der Waals surface area contributed by atoms with Crippen LogP contribution < -0.4 is 5.56 Å². The fraction of sp³-hybridized carbons (Fsp3) is 0.400. The van der Waals surface area contributed by atoms with E-state index < -0.39 is 0 Å². The highest BCUT2D eigenvalue weighted by Gasteiger charge is 2.33. The number of hydrogen-bond acceptors (Lipinski definition) is 6. The van der Waals surface area contributed by atoms with Crippen molar-refractivity contribution < 1.29 is 4.52 Å². The summed E-state index contributed by atoms with van der Waals surface area (Å²) in [6.07, 6.45) is 7.75. The quantitative estimate of drug-likeness (QED) is 0.669. The van der Waals surface area contributed by atoms with E-state index in [-0.39, 0.29) is 5.56 Å². The highest BCUT2D eigenvalue weighted by atomic mass is 16.5. The lowest BCUT2D eigenvalue weighted by Crippen LogP contribution is -2.48. The van der Waals surface area contributed by atoms with Crippen molar-refractivity contribution in [2.45, 2.75) is 31.8 Å². The summed E-state index contributed by atoms with van der Waals surface area (Å²) in [7, 11) is 0. The maximum absolute atomic E-state index is 12.2. The van der Waals surface area contributed by atoms with Crippen LogP contribution in [0.3, 0.4) is 0 Å². The standard InChI is InChI=1S/C20H21N5O2/c26-19-4-3-18(15-5-7-21-8-6-15)23-25(19)12-14-10-24(11-14)13-17-9-22-27-20(17)16-1-2-16/h3-9,14,16H,1-2,10-13H2. The molecule has 4 heterocycles. The minimum absolute atomic E-state index is 0.0543. The van der Waals surface area contributed by atoms with Crippen LogP contribution in [0.2, 0.25) is 0 Å². The third-order valence-electron chi connectivity index (χ3n) is 5.32. The minimum Gasteiger partial charge on any atom is -0.361 e. The molecule has 3 aromatic rings. The maximum atomic E-state index is 12.2. The highest BCUT2D eigenvalue weighted by molar-refractivity contribution is 5.56. The molecule has 0 N–H and O–H groups in total. The fourth-order valence-corrected chi connectivity index (χ4v) is 3.73. The molecule has 0 atom stereocenters. The van der Waals surface area contributed by atoms with Crippen LogP contribution in [0.5, 0.6) is 0 Å². The second kappa shape index (κ2) is 6.74. The number of hydrogen-bond donors (Lipinski definition) is 0. The molecule has 0 radical (unpaired) electrons. The van der Waals surface area contributed by atoms with Crippen molar-refractivity contribution in [2.24, 2.45) is 5.92 Å². The second-order valence-corrected chi connectivity index (χ2v) is 7.52. The average Bonchev–Trinajstić information content (AvgIpc) is 3.41. The van der Waals surface area contributed by atoms with Crippen LogP contribution >= 0.6 is 0 Å². The third-order valence-corrected chi connectivity index (χ3v) is 5.32. The third kappa shape index (κ3) is 3.42. The molecule has 27 heavy (non-hydrogen) atoms. The van der Waals surface area contributed by atoms with Crippen LogP contribution in [0.15, 0.2) is 52.2 Å². The van der Waals surface area contributed by atoms with E-state index >= 15 is 0 Å². The molecule has 3 aromatic heterocycles. The first-order valence-corrected chi connectivity index (χ1v) is 9.40. The van der Waals surface area contributed by atoms with E-state index in [4.69, 9.17) is 4.52 Å². The van der Waals surface area contributed by atoms with E-state index in [1.807, 2.05) is 18.3 Å². The molecular weight excluding hydrogens is 342 g/mol. The zero-order valence-corrected chi connectivity index (χ0v) is 15.0. The lowest BCUT2D eigenvalue weighted by molar-refractivity contribution is 0.0761. The Morgan fingerprint density at radius 2 is 1.93 bits per heavy atom. The van der Waals surface area contributed by atoms with Crippen molar-refractivity contribution >= 4 is 0 Å². The molecule has 0 aromatic carbocycles. The molecule has 7 heteroatoms. The number of nitrogens with zero attached hydrogens (tertiary/aromatic N) is 5. The van der Waals surface area contributed by atoms with E-state index in [0.29, 0.717) is 18.4 Å². The maximum Gasteiger partial charge on any atom is 0.266 e. The first-order valence-electron chi connectivity index (χ1n) is 9.40. The van der Waals surface area contributed by atoms with Crippen LogP contribution in [0.1, 0.15) is 30.1 Å². The average molecular weight is 363 g/mol. The van der Waals surface area contributed by atoms with E-state index in [1.54, 1.807) is 29.2 Å². The second-order valence-electron chi connectivity index (χ2n) is 7.52. The van der Waals surface area contributed by atoms with Gasteiger partial charge in [-0.25, -0.2) is 4.68 Å². The van der Waals surface area contributed by atoms with Gasteiger partial charge in [-0.15, -0.1) is 0 Å². The molecule has 0 unspecified atom stereocenters. The summed E-state index contributed by atoms with van der Waals surface area (Å²) in [5.41, 5.74) is 2.92. The molecule has 1 saturated carbocycles. The summed E-state index contributed by atoms with van der Waals surface area (Å²) in [4.78, 5) is 18.6. The lowest BCUT2D eigenvalue weighted by atomic mass is 9.99. The largest absolute Gasteiger partial charge is 0.361 e. The summed E-state index contributed by atoms with van der Waals surface area (Å²) >= 11 is 0. The Balaban J connectivity index is 1.22. The predicted octanol–water partition coefficient (Wildman–Crippen LogP) is 2.30. The predicted molar refractivity (Wildman–Crippen MR) is 99.0 cm³/mol. The fourth-order valence-electron chi connectivity index (χ4n) is 3.73. The zero-order chi connectivity index (χ0) is 18.2. The molecular formula is C20H21N5O2. The monoisotopic (exact) mass is 363 g/mol. The van der Waals surface area contributed by atoms with Gasteiger partial charge in [-0.3, -0.25) is 14.7 Å². The van der Waals surface area contributed by atoms with Gasteiger partial charge in [0.2, 0.25) is 0 Å². The zero-order valence-electron chi connectivity index (χ0n) is 15.0. The van der Waals surface area contributed by atoms with Crippen LogP contribution in [0, 0.1) is 5.92 Å². The molecule has 1 saturated heterocycles. The van der Waals surface area contributed by atoms with Crippen molar-refractivity contribution in [1.29, 1.82) is 0 Å². The van der Waals surface area contributed by atoms with E-state index in [2.05, 4.69) is 20.1 Å². The Bertz CT molecular complexity index is 987. The molecule has 1 aliphatic carbocycles. The van der Waals surface area contributed by atoms with Crippen LogP contribution in [-0.2, 0) is 13.1 Å². The molecule has 1 aliphatic heterocycles. The van der Waals surface area contributed by atoms with Gasteiger partial charge in [-0.1, -0.05) is 5.16 Å². The lowest BCUT2D eigenvalue weighted by Gasteiger charge is -2.39. The van der Waals surface area contributed by atoms with Crippen molar-refractivity contribution in [3.8, 4) is 11.3 Å². The summed E-state index contributed by atoms with van der Waals surface area (Å²) in [6, 6.07) is 7.17. The number of pyridine rings is 1. The molecule has 0 amide bonds. The van der Waals surface area contributed by atoms with E-state index in [9.17, 15) is 4.79 Å². The SMILES string of the molecule is O=c1ccc(-c2ccncc2)nn1CC1CN(Cc2cnoc2C2CC2)C1. The van der Waals surface area contributed by atoms with Crippen LogP contribution in [0.25, 0.3) is 11.3 Å². The first-order chi connectivity index (χ1) is 13.3. The van der Waals surface area contributed by atoms with Crippen molar-refractivity contribution in [2.75, 3.05) is 13.1 Å². The van der Waals surface area contributed by atoms with Gasteiger partial charge in [0.15, 0.2) is 0 Å². The van der Waals surface area contributed by atoms with Gasteiger partial charge in [0.05, 0.1) is 18.4 Å². The minimum atomic E-state index is -0.0543. The Morgan fingerprint density at radius 1 is 1.11 bits per heavy atom. The first kappa shape index (κ1) is 16.4. The molecule has 0 bridgehead atoms. The van der Waals surface area contributed by atoms with Crippen molar-refractivity contribution in [1.82, 2.24) is 24.8 Å². The van der Waals surface area contributed by atoms with Gasteiger partial charge in [0.1, 0.15) is 5.76 Å². The van der Waals surface area contributed by atoms with Gasteiger partial charge < -0.3 is 4.52 Å². The number of likely N-dealkylation sites (tertiary alicyclic amines) is 1. The van der Waals surface area contributed by atoms with Gasteiger partial charge in [-0.05, 0) is 31.0 Å². The Hall–Kier alpha value is -2.80. The summed E-state index contributed by atoms with van der Waals surface area (Å²) < 4.78 is 7.01. The van der Waals surface area contributed by atoms with Gasteiger partial charge in [0, 0.05) is 61.1 Å². The molecule has 138 valence electrons. The topological polar surface area (TPSA) is 77.1 Å². The van der Waals surface area contributed by atoms with Gasteiger partial charge >= 0.3 is 0 Å². The smallest absolute Gasteiger partial charge is 0.266 e. The highest BCUT2D eigenvalue weighted by Crippen LogP contribution is 2.42. The summed E-state index contributed by atoms with van der Waals surface area (Å²) in [5, 5.41) is 8.51. The molecule has 5 rings (SSSR count). The number of rotatable bonds is 6. The number of aromatic nitrogens is 4. The molecule has 7 nitrogen and oxygen atoms in total.